The number of amides is 2. The number of nitrogens with one attached hydrogen (secondary N) is 1. The van der Waals surface area contributed by atoms with E-state index in [0.717, 1.165) is 24.3 Å². The number of hydrogen-bond acceptors (Lipinski definition) is 3. The molecule has 11 heteroatoms. The van der Waals surface area contributed by atoms with E-state index < -0.39 is 24.5 Å². The van der Waals surface area contributed by atoms with Crippen LogP contribution in [0.25, 0.3) is 0 Å². The topological polar surface area (TPSA) is 58.6 Å². The van der Waals surface area contributed by atoms with Crippen molar-refractivity contribution in [1.29, 1.82) is 0 Å². The molecule has 2 amide bonds. The normalized spacial score (nSPS) is 15.2. The summed E-state index contributed by atoms with van der Waals surface area (Å²) >= 11 is 0. The molecule has 2 aromatic carbocycles. The number of hydrogen-bond donors (Lipinski definition) is 1. The van der Waals surface area contributed by atoms with Crippen molar-refractivity contribution < 1.29 is 40.7 Å². The van der Waals surface area contributed by atoms with Gasteiger partial charge in [0.05, 0.1) is 5.56 Å². The first-order chi connectivity index (χ1) is 15.9. The van der Waals surface area contributed by atoms with Crippen LogP contribution < -0.4 is 10.1 Å². The maximum Gasteiger partial charge on any atom is 0.422 e. The predicted molar refractivity (Wildman–Crippen MR) is 110 cm³/mol. The number of piperidine rings is 1. The van der Waals surface area contributed by atoms with Crippen LogP contribution in [0.5, 0.6) is 5.75 Å². The number of halogens is 6. The van der Waals surface area contributed by atoms with Crippen LogP contribution in [-0.4, -0.2) is 42.6 Å². The van der Waals surface area contributed by atoms with Crippen molar-refractivity contribution in [2.24, 2.45) is 5.92 Å². The minimum absolute atomic E-state index is 0.0671. The Morgan fingerprint density at radius 2 is 1.50 bits per heavy atom. The van der Waals surface area contributed by atoms with E-state index in [0.29, 0.717) is 31.5 Å². The maximum atomic E-state index is 12.7. The first-order valence-corrected chi connectivity index (χ1v) is 10.4. The zero-order chi connectivity index (χ0) is 24.9. The van der Waals surface area contributed by atoms with Gasteiger partial charge in [0.2, 0.25) is 5.91 Å². The van der Waals surface area contributed by atoms with E-state index in [-0.39, 0.29) is 35.6 Å². The van der Waals surface area contributed by atoms with E-state index in [1.807, 2.05) is 0 Å². The molecule has 2 aromatic rings. The van der Waals surface area contributed by atoms with Crippen LogP contribution in [-0.2, 0) is 17.5 Å². The molecule has 0 saturated carbocycles. The first kappa shape index (κ1) is 25.4. The summed E-state index contributed by atoms with van der Waals surface area (Å²) in [6.07, 6.45) is -8.09. The zero-order valence-electron chi connectivity index (χ0n) is 17.9. The number of alkyl halides is 6. The summed E-state index contributed by atoms with van der Waals surface area (Å²) in [5, 5.41) is 2.77. The van der Waals surface area contributed by atoms with Crippen molar-refractivity contribution in [3.05, 3.63) is 65.2 Å². The van der Waals surface area contributed by atoms with Gasteiger partial charge in [-0.15, -0.1) is 0 Å². The highest BCUT2D eigenvalue weighted by Crippen LogP contribution is 2.29. The van der Waals surface area contributed by atoms with E-state index >= 15 is 0 Å². The largest absolute Gasteiger partial charge is 0.484 e. The number of carbonyl (C=O) groups is 2. The van der Waals surface area contributed by atoms with Gasteiger partial charge in [-0.2, -0.15) is 26.3 Å². The van der Waals surface area contributed by atoms with Crippen LogP contribution in [0.3, 0.4) is 0 Å². The van der Waals surface area contributed by atoms with Crippen LogP contribution in [0.15, 0.2) is 48.5 Å². The molecule has 0 unspecified atom stereocenters. The van der Waals surface area contributed by atoms with Gasteiger partial charge in [-0.05, 0) is 54.8 Å². The Morgan fingerprint density at radius 1 is 0.912 bits per heavy atom. The maximum absolute atomic E-state index is 12.7. The fourth-order valence-electron chi connectivity index (χ4n) is 3.53. The predicted octanol–water partition coefficient (Wildman–Crippen LogP) is 4.82. The smallest absolute Gasteiger partial charge is 0.422 e. The third-order valence-electron chi connectivity index (χ3n) is 5.40. The van der Waals surface area contributed by atoms with E-state index in [4.69, 9.17) is 0 Å². The summed E-state index contributed by atoms with van der Waals surface area (Å²) in [6.45, 7) is -0.612. The van der Waals surface area contributed by atoms with Gasteiger partial charge in [-0.3, -0.25) is 9.59 Å². The lowest BCUT2D eigenvalue weighted by Gasteiger charge is -2.31. The average Bonchev–Trinajstić information content (AvgIpc) is 2.80. The molecule has 0 bridgehead atoms. The van der Waals surface area contributed by atoms with Crippen LogP contribution in [0.1, 0.15) is 34.3 Å². The number of benzene rings is 2. The molecule has 3 rings (SSSR count). The second-order valence-electron chi connectivity index (χ2n) is 7.91. The van der Waals surface area contributed by atoms with Gasteiger partial charge in [-0.1, -0.05) is 12.1 Å². The number of likely N-dealkylation sites (tertiary alicyclic amines) is 1. The first-order valence-electron chi connectivity index (χ1n) is 10.4. The van der Waals surface area contributed by atoms with Crippen molar-refractivity contribution >= 4 is 11.8 Å². The molecule has 5 nitrogen and oxygen atoms in total. The number of carbonyl (C=O) groups excluding carboxylic acids is 2. The third kappa shape index (κ3) is 7.13. The molecule has 0 atom stereocenters. The van der Waals surface area contributed by atoms with Gasteiger partial charge in [0, 0.05) is 31.1 Å². The minimum Gasteiger partial charge on any atom is -0.484 e. The van der Waals surface area contributed by atoms with Crippen molar-refractivity contribution in [1.82, 2.24) is 10.2 Å². The molecule has 0 aromatic heterocycles. The summed E-state index contributed by atoms with van der Waals surface area (Å²) in [4.78, 5) is 26.5. The van der Waals surface area contributed by atoms with E-state index in [9.17, 15) is 35.9 Å². The third-order valence-corrected chi connectivity index (χ3v) is 5.40. The average molecular weight is 488 g/mol. The Balaban J connectivity index is 1.44. The minimum atomic E-state index is -4.48. The fraction of sp³-hybridized carbons (Fsp3) is 0.391. The Kier molecular flexibility index (Phi) is 7.73. The van der Waals surface area contributed by atoms with Crippen molar-refractivity contribution in [2.45, 2.75) is 31.7 Å². The molecule has 0 spiro atoms. The molecule has 1 fully saturated rings. The fourth-order valence-corrected chi connectivity index (χ4v) is 3.53. The van der Waals surface area contributed by atoms with Crippen molar-refractivity contribution in [3.8, 4) is 5.75 Å². The van der Waals surface area contributed by atoms with E-state index in [2.05, 4.69) is 10.1 Å². The number of nitrogens with zero attached hydrogens (tertiary/aromatic N) is 1. The van der Waals surface area contributed by atoms with Crippen LogP contribution in [0, 0.1) is 5.92 Å². The zero-order valence-corrected chi connectivity index (χ0v) is 17.9. The number of rotatable bonds is 6. The highest BCUT2D eigenvalue weighted by Gasteiger charge is 2.31. The second-order valence-corrected chi connectivity index (χ2v) is 7.91. The lowest BCUT2D eigenvalue weighted by molar-refractivity contribution is -0.153. The Morgan fingerprint density at radius 3 is 2.03 bits per heavy atom. The standard InChI is InChI=1S/C23H22F6N2O3/c24-22(25,26)14-34-19-7-1-15(2-8-19)13-30-20(32)16-9-11-31(12-10-16)21(33)17-3-5-18(6-4-17)23(27,28)29/h1-8,16H,9-14H2,(H,30,32). The Labute approximate surface area is 191 Å². The van der Waals surface area contributed by atoms with Gasteiger partial charge >= 0.3 is 12.4 Å². The lowest BCUT2D eigenvalue weighted by atomic mass is 9.95. The molecule has 1 heterocycles. The van der Waals surface area contributed by atoms with Gasteiger partial charge in [0.25, 0.3) is 5.91 Å². The summed E-state index contributed by atoms with van der Waals surface area (Å²) in [5.74, 6) is -0.858. The molecule has 184 valence electrons. The van der Waals surface area contributed by atoms with Crippen molar-refractivity contribution in [2.75, 3.05) is 19.7 Å². The van der Waals surface area contributed by atoms with Gasteiger partial charge in [0.1, 0.15) is 5.75 Å². The van der Waals surface area contributed by atoms with Gasteiger partial charge in [0.15, 0.2) is 6.61 Å². The highest BCUT2D eigenvalue weighted by atomic mass is 19.4. The quantitative estimate of drug-likeness (QED) is 0.594. The van der Waals surface area contributed by atoms with Crippen molar-refractivity contribution in [3.63, 3.8) is 0 Å². The SMILES string of the molecule is O=C(NCc1ccc(OCC(F)(F)F)cc1)C1CCN(C(=O)c2ccc(C(F)(F)F)cc2)CC1. The Hall–Kier alpha value is -3.24. The second kappa shape index (κ2) is 10.4. The summed E-state index contributed by atoms with van der Waals surface area (Å²) in [5.41, 5.74) is 0.00379. The molecule has 34 heavy (non-hydrogen) atoms. The molecule has 0 radical (unpaired) electrons. The monoisotopic (exact) mass is 488 g/mol. The number of ether oxygens (including phenoxy) is 1. The summed E-state index contributed by atoms with van der Waals surface area (Å²) in [7, 11) is 0. The lowest BCUT2D eigenvalue weighted by Crippen LogP contribution is -2.42. The van der Waals surface area contributed by atoms with Crippen LogP contribution in [0.4, 0.5) is 26.3 Å². The molecular formula is C23H22F6N2O3. The molecular weight excluding hydrogens is 466 g/mol. The van der Waals surface area contributed by atoms with E-state index in [1.165, 1.54) is 17.0 Å². The van der Waals surface area contributed by atoms with Gasteiger partial charge in [-0.25, -0.2) is 0 Å². The molecule has 1 N–H and O–H groups in total. The highest BCUT2D eigenvalue weighted by molar-refractivity contribution is 5.94. The molecule has 1 aliphatic rings. The molecule has 1 saturated heterocycles. The molecule has 1 aliphatic heterocycles. The summed E-state index contributed by atoms with van der Waals surface area (Å²) < 4.78 is 79.2. The molecule has 0 aliphatic carbocycles. The van der Waals surface area contributed by atoms with Crippen LogP contribution >= 0.6 is 0 Å². The van der Waals surface area contributed by atoms with E-state index in [1.54, 1.807) is 12.1 Å². The van der Waals surface area contributed by atoms with Crippen LogP contribution in [0.2, 0.25) is 0 Å². The Bertz CT molecular complexity index is 980. The summed E-state index contributed by atoms with van der Waals surface area (Å²) in [6, 6.07) is 9.89. The van der Waals surface area contributed by atoms with Gasteiger partial charge < -0.3 is 15.0 Å².